The van der Waals surface area contributed by atoms with E-state index in [4.69, 9.17) is 16.3 Å². The smallest absolute Gasteiger partial charge is 0.335 e. The van der Waals surface area contributed by atoms with Gasteiger partial charge in [-0.15, -0.1) is 0 Å². The van der Waals surface area contributed by atoms with Crippen molar-refractivity contribution in [2.24, 2.45) is 0 Å². The number of carboxylic acid groups (broad SMARTS) is 1. The van der Waals surface area contributed by atoms with E-state index in [0.717, 1.165) is 39.3 Å². The number of aromatic nitrogens is 2. The molecule has 200 valence electrons. The Balaban J connectivity index is 1.26. The zero-order valence-electron chi connectivity index (χ0n) is 21.9. The molecular weight excluding hydrogens is 514 g/mol. The molecule has 0 fully saturated rings. The van der Waals surface area contributed by atoms with Gasteiger partial charge in [-0.2, -0.15) is 5.10 Å². The summed E-state index contributed by atoms with van der Waals surface area (Å²) >= 11 is 6.17. The Kier molecular flexibility index (Phi) is 7.70. The third-order valence-corrected chi connectivity index (χ3v) is 7.51. The SMILES string of the molecule is Cc1c(Cl)cccc1OCCCC(=O)N1C[C@H](C)c2c(-c3cnn(Cc4cccc(C(=O)O)c4)c3)cccc21. The number of nitrogens with zero attached hydrogens (tertiary/aromatic N) is 3. The summed E-state index contributed by atoms with van der Waals surface area (Å²) in [5.74, 6) is 0.0591. The average Bonchev–Trinajstić information content (AvgIpc) is 3.53. The first-order valence-corrected chi connectivity index (χ1v) is 13.4. The number of carboxylic acids is 1. The number of carbonyl (C=O) groups excluding carboxylic acids is 1. The summed E-state index contributed by atoms with van der Waals surface area (Å²) < 4.78 is 7.67. The first-order valence-electron chi connectivity index (χ1n) is 13.0. The van der Waals surface area contributed by atoms with Crippen LogP contribution in [0, 0.1) is 6.92 Å². The molecule has 1 aliphatic heterocycles. The van der Waals surface area contributed by atoms with Crippen molar-refractivity contribution in [2.75, 3.05) is 18.1 Å². The van der Waals surface area contributed by atoms with Crippen LogP contribution in [0.25, 0.3) is 11.1 Å². The van der Waals surface area contributed by atoms with Gasteiger partial charge in [-0.25, -0.2) is 4.79 Å². The quantitative estimate of drug-likeness (QED) is 0.241. The normalized spacial score (nSPS) is 14.3. The number of ether oxygens (including phenoxy) is 1. The summed E-state index contributed by atoms with van der Waals surface area (Å²) in [7, 11) is 0. The zero-order valence-corrected chi connectivity index (χ0v) is 22.7. The minimum Gasteiger partial charge on any atom is -0.493 e. The third kappa shape index (κ3) is 5.68. The minimum atomic E-state index is -0.949. The molecule has 5 rings (SSSR count). The van der Waals surface area contributed by atoms with Gasteiger partial charge in [0.1, 0.15) is 5.75 Å². The first kappa shape index (κ1) is 26.5. The predicted molar refractivity (Wildman–Crippen MR) is 152 cm³/mol. The van der Waals surface area contributed by atoms with Gasteiger partial charge < -0.3 is 14.7 Å². The molecule has 0 saturated heterocycles. The largest absolute Gasteiger partial charge is 0.493 e. The Bertz CT molecular complexity index is 1530. The number of benzene rings is 3. The lowest BCUT2D eigenvalue weighted by molar-refractivity contribution is -0.118. The van der Waals surface area contributed by atoms with E-state index in [1.165, 1.54) is 0 Å². The second-order valence-electron chi connectivity index (χ2n) is 9.89. The molecule has 7 nitrogen and oxygen atoms in total. The molecule has 1 amide bonds. The number of anilines is 1. The van der Waals surface area contributed by atoms with Gasteiger partial charge >= 0.3 is 5.97 Å². The Hall–Kier alpha value is -4.10. The van der Waals surface area contributed by atoms with Crippen molar-refractivity contribution in [3.8, 4) is 16.9 Å². The van der Waals surface area contributed by atoms with Crippen LogP contribution in [0.1, 0.15) is 52.7 Å². The molecule has 8 heteroatoms. The number of carbonyl (C=O) groups is 2. The molecule has 3 aromatic carbocycles. The molecule has 0 aliphatic carbocycles. The summed E-state index contributed by atoms with van der Waals surface area (Å²) in [5.41, 5.74) is 6.13. The van der Waals surface area contributed by atoms with Crippen LogP contribution in [-0.4, -0.2) is 39.9 Å². The number of aromatic carboxylic acids is 1. The number of hydrogen-bond donors (Lipinski definition) is 1. The van der Waals surface area contributed by atoms with E-state index < -0.39 is 5.97 Å². The van der Waals surface area contributed by atoms with E-state index in [2.05, 4.69) is 18.1 Å². The topological polar surface area (TPSA) is 84.7 Å². The van der Waals surface area contributed by atoms with Crippen LogP contribution in [0.2, 0.25) is 5.02 Å². The Labute approximate surface area is 232 Å². The maximum Gasteiger partial charge on any atom is 0.335 e. The maximum atomic E-state index is 13.2. The molecule has 1 aromatic heterocycles. The van der Waals surface area contributed by atoms with Gasteiger partial charge in [-0.3, -0.25) is 9.48 Å². The molecular formula is C31H30ClN3O4. The molecule has 0 bridgehead atoms. The lowest BCUT2D eigenvalue weighted by Gasteiger charge is -2.18. The fourth-order valence-electron chi connectivity index (χ4n) is 5.12. The van der Waals surface area contributed by atoms with Gasteiger partial charge in [-0.05, 0) is 60.4 Å². The molecule has 1 atom stereocenters. The van der Waals surface area contributed by atoms with Crippen molar-refractivity contribution in [3.63, 3.8) is 0 Å². The van der Waals surface area contributed by atoms with E-state index in [9.17, 15) is 14.7 Å². The summed E-state index contributed by atoms with van der Waals surface area (Å²) in [6.07, 6.45) is 4.79. The Morgan fingerprint density at radius 2 is 1.92 bits per heavy atom. The molecule has 0 saturated carbocycles. The molecule has 0 spiro atoms. The van der Waals surface area contributed by atoms with Crippen molar-refractivity contribution >= 4 is 29.2 Å². The second kappa shape index (κ2) is 11.3. The van der Waals surface area contributed by atoms with Gasteiger partial charge in [0.25, 0.3) is 0 Å². The average molecular weight is 544 g/mol. The molecule has 0 unspecified atom stereocenters. The fourth-order valence-corrected chi connectivity index (χ4v) is 5.29. The lowest BCUT2D eigenvalue weighted by Crippen LogP contribution is -2.29. The first-order chi connectivity index (χ1) is 18.8. The van der Waals surface area contributed by atoms with Crippen LogP contribution in [0.3, 0.4) is 0 Å². The van der Waals surface area contributed by atoms with Crippen molar-refractivity contribution in [3.05, 3.63) is 100 Å². The van der Waals surface area contributed by atoms with Crippen LogP contribution in [0.15, 0.2) is 73.1 Å². The van der Waals surface area contributed by atoms with Gasteiger partial charge in [0, 0.05) is 46.9 Å². The molecule has 0 radical (unpaired) electrons. The van der Waals surface area contributed by atoms with Crippen molar-refractivity contribution in [1.82, 2.24) is 9.78 Å². The van der Waals surface area contributed by atoms with Gasteiger partial charge in [0.05, 0.1) is 24.9 Å². The van der Waals surface area contributed by atoms with Gasteiger partial charge in [-0.1, -0.05) is 48.9 Å². The highest BCUT2D eigenvalue weighted by molar-refractivity contribution is 6.31. The van der Waals surface area contributed by atoms with Crippen LogP contribution in [0.4, 0.5) is 5.69 Å². The minimum absolute atomic E-state index is 0.0816. The summed E-state index contributed by atoms with van der Waals surface area (Å²) in [4.78, 5) is 26.4. The van der Waals surface area contributed by atoms with Gasteiger partial charge in [0.2, 0.25) is 5.91 Å². The van der Waals surface area contributed by atoms with Crippen molar-refractivity contribution < 1.29 is 19.4 Å². The molecule has 2 heterocycles. The molecule has 39 heavy (non-hydrogen) atoms. The van der Waals surface area contributed by atoms with Crippen LogP contribution >= 0.6 is 11.6 Å². The molecule has 1 N–H and O–H groups in total. The number of rotatable bonds is 9. The maximum absolute atomic E-state index is 13.2. The monoisotopic (exact) mass is 543 g/mol. The summed E-state index contributed by atoms with van der Waals surface area (Å²) in [6, 6.07) is 18.5. The summed E-state index contributed by atoms with van der Waals surface area (Å²) in [6.45, 7) is 5.60. The highest BCUT2D eigenvalue weighted by Crippen LogP contribution is 2.42. The van der Waals surface area contributed by atoms with E-state index >= 15 is 0 Å². The Morgan fingerprint density at radius 3 is 2.74 bits per heavy atom. The van der Waals surface area contributed by atoms with Crippen LogP contribution in [-0.2, 0) is 11.3 Å². The molecule has 4 aromatic rings. The van der Waals surface area contributed by atoms with Gasteiger partial charge in [0.15, 0.2) is 0 Å². The predicted octanol–water partition coefficient (Wildman–Crippen LogP) is 6.57. The highest BCUT2D eigenvalue weighted by Gasteiger charge is 2.32. The summed E-state index contributed by atoms with van der Waals surface area (Å²) in [5, 5.41) is 14.5. The lowest BCUT2D eigenvalue weighted by atomic mass is 9.94. The van der Waals surface area contributed by atoms with E-state index in [1.807, 2.05) is 60.6 Å². The number of amides is 1. The van der Waals surface area contributed by atoms with Crippen LogP contribution < -0.4 is 9.64 Å². The third-order valence-electron chi connectivity index (χ3n) is 7.10. The van der Waals surface area contributed by atoms with Crippen molar-refractivity contribution in [1.29, 1.82) is 0 Å². The number of halogens is 1. The van der Waals surface area contributed by atoms with E-state index in [0.29, 0.717) is 37.6 Å². The van der Waals surface area contributed by atoms with Crippen LogP contribution in [0.5, 0.6) is 5.75 Å². The standard InChI is InChI=1S/C31H30ClN3O4/c1-20-17-35(29(36)13-6-14-39-28-12-5-10-26(32)21(28)2)27-11-4-9-25(30(20)27)24-16-33-34(19-24)18-22-7-3-8-23(15-22)31(37)38/h3-5,7-12,15-16,19-20H,6,13-14,17-18H2,1-2H3,(H,37,38)/t20-/m0/s1. The van der Waals surface area contributed by atoms with Crippen molar-refractivity contribution in [2.45, 2.75) is 39.2 Å². The second-order valence-corrected chi connectivity index (χ2v) is 10.3. The number of fused-ring (bicyclic) bond motifs is 1. The van der Waals surface area contributed by atoms with E-state index in [1.54, 1.807) is 22.9 Å². The highest BCUT2D eigenvalue weighted by atomic mass is 35.5. The number of hydrogen-bond acceptors (Lipinski definition) is 4. The van der Waals surface area contributed by atoms with E-state index in [-0.39, 0.29) is 17.4 Å². The Morgan fingerprint density at radius 1 is 1.13 bits per heavy atom. The fraction of sp³-hybridized carbons (Fsp3) is 0.258. The molecule has 1 aliphatic rings. The zero-order chi connectivity index (χ0) is 27.5.